The van der Waals surface area contributed by atoms with Gasteiger partial charge >= 0.3 is 11.9 Å². The lowest BCUT2D eigenvalue weighted by molar-refractivity contribution is -0.289. The van der Waals surface area contributed by atoms with Crippen molar-refractivity contribution in [1.29, 1.82) is 0 Å². The molecular weight excluding hydrogens is 144 g/mol. The number of hydrogen-bond donors (Lipinski definition) is 2. The third kappa shape index (κ3) is 6.86. The predicted molar refractivity (Wildman–Crippen MR) is 27.2 cm³/mol. The molecule has 0 aromatic rings. The van der Waals surface area contributed by atoms with E-state index in [1.54, 1.807) is 0 Å². The average molecular weight is 150 g/mol. The van der Waals surface area contributed by atoms with Crippen LogP contribution >= 0.6 is 0 Å². The van der Waals surface area contributed by atoms with Gasteiger partial charge in [-0.25, -0.2) is 19.4 Å². The molecule has 10 heavy (non-hydrogen) atoms. The summed E-state index contributed by atoms with van der Waals surface area (Å²) in [6.07, 6.45) is 0. The summed E-state index contributed by atoms with van der Waals surface area (Å²) in [4.78, 5) is 27.2. The van der Waals surface area contributed by atoms with E-state index in [4.69, 9.17) is 10.2 Å². The summed E-state index contributed by atoms with van der Waals surface area (Å²) in [7, 11) is 0. The van der Waals surface area contributed by atoms with Gasteiger partial charge in [-0.3, -0.25) is 0 Å². The molecule has 58 valence electrons. The Labute approximate surface area is 55.9 Å². The molecule has 0 aliphatic rings. The van der Waals surface area contributed by atoms with Crippen molar-refractivity contribution < 1.29 is 29.6 Å². The maximum absolute atomic E-state index is 9.69. The van der Waals surface area contributed by atoms with Crippen molar-refractivity contribution >= 4 is 11.9 Å². The molecule has 0 heterocycles. The van der Waals surface area contributed by atoms with E-state index >= 15 is 0 Å². The number of carboxylic acids is 2. The van der Waals surface area contributed by atoms with Crippen LogP contribution in [0.25, 0.3) is 0 Å². The summed E-state index contributed by atoms with van der Waals surface area (Å²) in [6, 6.07) is 0. The minimum Gasteiger partial charge on any atom is -0.479 e. The quantitative estimate of drug-likeness (QED) is 0.300. The largest absolute Gasteiger partial charge is 0.479 e. The highest BCUT2D eigenvalue weighted by atomic mass is 17.2. The molecule has 0 atom stereocenters. The molecule has 0 saturated heterocycles. The SMILES string of the molecule is O=C(O)COOCC(=O)O. The molecule has 0 unspecified atom stereocenters. The van der Waals surface area contributed by atoms with Crippen LogP contribution in [0.3, 0.4) is 0 Å². The summed E-state index contributed by atoms with van der Waals surface area (Å²) in [5.74, 6) is -2.43. The number of rotatable bonds is 5. The number of carboxylic acid groups (broad SMARTS) is 2. The maximum atomic E-state index is 9.69. The summed E-state index contributed by atoms with van der Waals surface area (Å²) in [6.45, 7) is -1.32. The van der Waals surface area contributed by atoms with Crippen molar-refractivity contribution in [1.82, 2.24) is 0 Å². The zero-order valence-corrected chi connectivity index (χ0v) is 4.94. The average Bonchev–Trinajstić information content (AvgIpc) is 1.79. The molecule has 0 rings (SSSR count). The number of hydrogen-bond acceptors (Lipinski definition) is 4. The van der Waals surface area contributed by atoms with Crippen LogP contribution < -0.4 is 0 Å². The predicted octanol–water partition coefficient (Wildman–Crippen LogP) is -0.896. The van der Waals surface area contributed by atoms with E-state index in [0.717, 1.165) is 0 Å². The van der Waals surface area contributed by atoms with Crippen LogP contribution in [-0.2, 0) is 19.4 Å². The standard InChI is InChI=1S/C4H6O6/c5-3(6)1-9-10-2-4(7)8/h1-2H2,(H,5,6)(H,7,8). The van der Waals surface area contributed by atoms with E-state index in [1.807, 2.05) is 0 Å². The molecule has 0 spiro atoms. The van der Waals surface area contributed by atoms with E-state index in [9.17, 15) is 9.59 Å². The van der Waals surface area contributed by atoms with E-state index in [1.165, 1.54) is 0 Å². The minimum atomic E-state index is -1.22. The Balaban J connectivity index is 3.06. The molecule has 0 bridgehead atoms. The van der Waals surface area contributed by atoms with E-state index < -0.39 is 25.2 Å². The van der Waals surface area contributed by atoms with Gasteiger partial charge < -0.3 is 10.2 Å². The Hall–Kier alpha value is -1.14. The molecule has 0 aromatic carbocycles. The first kappa shape index (κ1) is 8.86. The van der Waals surface area contributed by atoms with Gasteiger partial charge in [0.15, 0.2) is 13.2 Å². The van der Waals surface area contributed by atoms with Crippen molar-refractivity contribution in [2.24, 2.45) is 0 Å². The third-order valence-electron chi connectivity index (χ3n) is 0.448. The Kier molecular flexibility index (Phi) is 4.17. The third-order valence-corrected chi connectivity index (χ3v) is 0.448. The van der Waals surface area contributed by atoms with Gasteiger partial charge in [0.25, 0.3) is 0 Å². The maximum Gasteiger partial charge on any atom is 0.333 e. The van der Waals surface area contributed by atoms with Crippen LogP contribution in [0.2, 0.25) is 0 Å². The van der Waals surface area contributed by atoms with Crippen LogP contribution in [0.4, 0.5) is 0 Å². The van der Waals surface area contributed by atoms with Crippen molar-refractivity contribution in [3.05, 3.63) is 0 Å². The smallest absolute Gasteiger partial charge is 0.333 e. The lowest BCUT2D eigenvalue weighted by Gasteiger charge is -1.95. The number of carbonyl (C=O) groups is 2. The van der Waals surface area contributed by atoms with Gasteiger partial charge in [0.05, 0.1) is 0 Å². The second-order valence-corrected chi connectivity index (χ2v) is 1.31. The van der Waals surface area contributed by atoms with Crippen molar-refractivity contribution in [3.8, 4) is 0 Å². The van der Waals surface area contributed by atoms with Gasteiger partial charge in [-0.15, -0.1) is 0 Å². The van der Waals surface area contributed by atoms with Crippen LogP contribution in [0, 0.1) is 0 Å². The first-order valence-electron chi connectivity index (χ1n) is 2.31. The second kappa shape index (κ2) is 4.71. The van der Waals surface area contributed by atoms with Crippen LogP contribution in [0.1, 0.15) is 0 Å². The molecule has 2 N–H and O–H groups in total. The highest BCUT2D eigenvalue weighted by Gasteiger charge is 1.99. The van der Waals surface area contributed by atoms with Crippen LogP contribution in [0.5, 0.6) is 0 Å². The summed E-state index contributed by atoms with van der Waals surface area (Å²) in [5.41, 5.74) is 0. The highest BCUT2D eigenvalue weighted by Crippen LogP contribution is 1.77. The fourth-order valence-corrected chi connectivity index (χ4v) is 0.184. The normalized spacial score (nSPS) is 9.20. The van der Waals surface area contributed by atoms with Gasteiger partial charge in [0.2, 0.25) is 0 Å². The Morgan fingerprint density at radius 1 is 1.00 bits per heavy atom. The molecule has 0 fully saturated rings. The summed E-state index contributed by atoms with van der Waals surface area (Å²) < 4.78 is 0. The summed E-state index contributed by atoms with van der Waals surface area (Å²) >= 11 is 0. The fraction of sp³-hybridized carbons (Fsp3) is 0.500. The highest BCUT2D eigenvalue weighted by molar-refractivity contribution is 5.68. The zero-order chi connectivity index (χ0) is 7.98. The van der Waals surface area contributed by atoms with Crippen molar-refractivity contribution in [2.75, 3.05) is 13.2 Å². The molecular formula is C4H6O6. The first-order chi connectivity index (χ1) is 4.63. The van der Waals surface area contributed by atoms with Crippen molar-refractivity contribution in [3.63, 3.8) is 0 Å². The Bertz CT molecular complexity index is 114. The monoisotopic (exact) mass is 150 g/mol. The van der Waals surface area contributed by atoms with Crippen LogP contribution in [-0.4, -0.2) is 35.4 Å². The van der Waals surface area contributed by atoms with Crippen molar-refractivity contribution in [2.45, 2.75) is 0 Å². The zero-order valence-electron chi connectivity index (χ0n) is 4.94. The molecule has 6 heteroatoms. The molecule has 0 aliphatic heterocycles. The lowest BCUT2D eigenvalue weighted by atomic mass is 10.8. The van der Waals surface area contributed by atoms with Crippen LogP contribution in [0.15, 0.2) is 0 Å². The summed E-state index contributed by atoms with van der Waals surface area (Å²) in [5, 5.41) is 15.9. The van der Waals surface area contributed by atoms with Gasteiger partial charge in [-0.2, -0.15) is 0 Å². The molecule has 0 radical (unpaired) electrons. The number of aliphatic carboxylic acids is 2. The topological polar surface area (TPSA) is 93.1 Å². The molecule has 0 amide bonds. The Morgan fingerprint density at radius 2 is 1.30 bits per heavy atom. The van der Waals surface area contributed by atoms with Gasteiger partial charge in [-0.1, -0.05) is 0 Å². The van der Waals surface area contributed by atoms with E-state index in [2.05, 4.69) is 9.78 Å². The molecule has 6 nitrogen and oxygen atoms in total. The molecule has 0 aromatic heterocycles. The molecule has 0 aliphatic carbocycles. The fourth-order valence-electron chi connectivity index (χ4n) is 0.184. The lowest BCUT2D eigenvalue weighted by Crippen LogP contribution is -2.12. The molecule has 0 saturated carbocycles. The Morgan fingerprint density at radius 3 is 1.50 bits per heavy atom. The van der Waals surface area contributed by atoms with E-state index in [-0.39, 0.29) is 0 Å². The second-order valence-electron chi connectivity index (χ2n) is 1.31. The van der Waals surface area contributed by atoms with Gasteiger partial charge in [0, 0.05) is 0 Å². The van der Waals surface area contributed by atoms with Gasteiger partial charge in [0.1, 0.15) is 0 Å². The first-order valence-corrected chi connectivity index (χ1v) is 2.31. The minimum absolute atomic E-state index is 0.659. The van der Waals surface area contributed by atoms with E-state index in [0.29, 0.717) is 0 Å². The van der Waals surface area contributed by atoms with Gasteiger partial charge in [-0.05, 0) is 0 Å².